The van der Waals surface area contributed by atoms with E-state index in [2.05, 4.69) is 31.2 Å². The minimum absolute atomic E-state index is 0.0174. The molecule has 0 saturated heterocycles. The average Bonchev–Trinajstić information content (AvgIpc) is 2.56. The second kappa shape index (κ2) is 7.88. The van der Waals surface area contributed by atoms with Gasteiger partial charge in [0.05, 0.1) is 18.5 Å². The van der Waals surface area contributed by atoms with E-state index in [1.807, 2.05) is 0 Å². The first kappa shape index (κ1) is 18.6. The SMILES string of the molecule is COc1ncnc(N(C)C)c1NC(=O)Cc1ccc([N+](=O)[O-])cc1Br. The summed E-state index contributed by atoms with van der Waals surface area (Å²) >= 11 is 3.25. The van der Waals surface area contributed by atoms with E-state index in [4.69, 9.17) is 4.74 Å². The zero-order valence-electron chi connectivity index (χ0n) is 13.8. The number of benzene rings is 1. The van der Waals surface area contributed by atoms with Crippen LogP contribution in [0.5, 0.6) is 5.88 Å². The third-order valence-electron chi connectivity index (χ3n) is 3.27. The van der Waals surface area contributed by atoms with Crippen LogP contribution in [0.2, 0.25) is 0 Å². The number of nitro groups is 1. The summed E-state index contributed by atoms with van der Waals surface area (Å²) in [5.41, 5.74) is 0.924. The van der Waals surface area contributed by atoms with Gasteiger partial charge in [0.1, 0.15) is 12.0 Å². The molecule has 1 aromatic heterocycles. The monoisotopic (exact) mass is 409 g/mol. The topological polar surface area (TPSA) is 110 Å². The number of aromatic nitrogens is 2. The quantitative estimate of drug-likeness (QED) is 0.575. The summed E-state index contributed by atoms with van der Waals surface area (Å²) < 4.78 is 5.66. The number of halogens is 1. The van der Waals surface area contributed by atoms with Gasteiger partial charge in [-0.1, -0.05) is 22.0 Å². The van der Waals surface area contributed by atoms with Crippen LogP contribution in [-0.2, 0) is 11.2 Å². The van der Waals surface area contributed by atoms with Crippen LogP contribution >= 0.6 is 15.9 Å². The molecule has 10 heteroatoms. The Morgan fingerprint density at radius 2 is 2.12 bits per heavy atom. The molecule has 1 aromatic carbocycles. The molecule has 1 heterocycles. The van der Waals surface area contributed by atoms with Gasteiger partial charge < -0.3 is 15.0 Å². The van der Waals surface area contributed by atoms with Crippen LogP contribution in [0.25, 0.3) is 0 Å². The number of methoxy groups -OCH3 is 1. The Kier molecular flexibility index (Phi) is 5.86. The van der Waals surface area contributed by atoms with Crippen LogP contribution < -0.4 is 15.0 Å². The Hall–Kier alpha value is -2.75. The van der Waals surface area contributed by atoms with Crippen LogP contribution in [0.15, 0.2) is 29.0 Å². The zero-order valence-corrected chi connectivity index (χ0v) is 15.4. The lowest BCUT2D eigenvalue weighted by atomic mass is 10.1. The van der Waals surface area contributed by atoms with Crippen molar-refractivity contribution in [2.24, 2.45) is 0 Å². The number of anilines is 2. The van der Waals surface area contributed by atoms with E-state index in [1.54, 1.807) is 19.0 Å². The minimum Gasteiger partial charge on any atom is -0.479 e. The summed E-state index contributed by atoms with van der Waals surface area (Å²) in [5, 5.41) is 13.5. The number of non-ortho nitro benzene ring substituents is 1. The van der Waals surface area contributed by atoms with Crippen molar-refractivity contribution in [3.63, 3.8) is 0 Å². The number of carbonyl (C=O) groups is 1. The molecule has 1 amide bonds. The van der Waals surface area contributed by atoms with Crippen molar-refractivity contribution in [1.82, 2.24) is 9.97 Å². The molecule has 25 heavy (non-hydrogen) atoms. The first-order chi connectivity index (χ1) is 11.8. The molecule has 0 aliphatic carbocycles. The highest BCUT2D eigenvalue weighted by Crippen LogP contribution is 2.30. The molecule has 9 nitrogen and oxygen atoms in total. The van der Waals surface area contributed by atoms with Crippen molar-refractivity contribution in [2.45, 2.75) is 6.42 Å². The molecular formula is C15H16BrN5O4. The van der Waals surface area contributed by atoms with Crippen LogP contribution in [0.4, 0.5) is 17.2 Å². The fourth-order valence-corrected chi connectivity index (χ4v) is 2.62. The summed E-state index contributed by atoms with van der Waals surface area (Å²) in [6, 6.07) is 4.25. The molecule has 0 aliphatic heterocycles. The van der Waals surface area contributed by atoms with E-state index in [0.717, 1.165) is 0 Å². The maximum atomic E-state index is 12.4. The number of nitrogens with zero attached hydrogens (tertiary/aromatic N) is 4. The highest BCUT2D eigenvalue weighted by molar-refractivity contribution is 9.10. The van der Waals surface area contributed by atoms with E-state index < -0.39 is 4.92 Å². The van der Waals surface area contributed by atoms with Crippen LogP contribution in [0.1, 0.15) is 5.56 Å². The molecule has 0 radical (unpaired) electrons. The second-order valence-corrected chi connectivity index (χ2v) is 6.09. The highest BCUT2D eigenvalue weighted by atomic mass is 79.9. The van der Waals surface area contributed by atoms with Crippen LogP contribution in [0, 0.1) is 10.1 Å². The van der Waals surface area contributed by atoms with E-state index in [-0.39, 0.29) is 23.9 Å². The molecule has 1 N–H and O–H groups in total. The molecule has 0 fully saturated rings. The highest BCUT2D eigenvalue weighted by Gasteiger charge is 2.18. The number of hydrogen-bond donors (Lipinski definition) is 1. The van der Waals surface area contributed by atoms with Crippen molar-refractivity contribution in [3.8, 4) is 5.88 Å². The van der Waals surface area contributed by atoms with Crippen LogP contribution in [0.3, 0.4) is 0 Å². The van der Waals surface area contributed by atoms with E-state index in [0.29, 0.717) is 21.5 Å². The van der Waals surface area contributed by atoms with E-state index in [9.17, 15) is 14.9 Å². The van der Waals surface area contributed by atoms with Gasteiger partial charge in [-0.2, -0.15) is 4.98 Å². The summed E-state index contributed by atoms with van der Waals surface area (Å²) in [6.07, 6.45) is 1.36. The largest absolute Gasteiger partial charge is 0.479 e. The number of carbonyl (C=O) groups excluding carboxylic acids is 1. The second-order valence-electron chi connectivity index (χ2n) is 5.23. The van der Waals surface area contributed by atoms with E-state index in [1.165, 1.54) is 31.6 Å². The zero-order chi connectivity index (χ0) is 18.6. The van der Waals surface area contributed by atoms with Gasteiger partial charge in [0.25, 0.3) is 5.69 Å². The number of ether oxygens (including phenoxy) is 1. The molecule has 132 valence electrons. The summed E-state index contributed by atoms with van der Waals surface area (Å²) in [7, 11) is 5.01. The molecule has 0 bridgehead atoms. The number of rotatable bonds is 6. The average molecular weight is 410 g/mol. The van der Waals surface area contributed by atoms with Gasteiger partial charge in [0.2, 0.25) is 11.8 Å². The van der Waals surface area contributed by atoms with Gasteiger partial charge in [0, 0.05) is 30.7 Å². The molecular weight excluding hydrogens is 394 g/mol. The lowest BCUT2D eigenvalue weighted by Crippen LogP contribution is -2.20. The molecule has 0 saturated carbocycles. The van der Waals surface area contributed by atoms with Crippen molar-refractivity contribution in [2.75, 3.05) is 31.4 Å². The molecule has 0 spiro atoms. The maximum Gasteiger partial charge on any atom is 0.270 e. The van der Waals surface area contributed by atoms with Crippen molar-refractivity contribution in [1.29, 1.82) is 0 Å². The van der Waals surface area contributed by atoms with Crippen molar-refractivity contribution in [3.05, 3.63) is 44.7 Å². The van der Waals surface area contributed by atoms with Crippen molar-refractivity contribution >= 4 is 39.0 Å². The Labute approximate surface area is 152 Å². The predicted octanol–water partition coefficient (Wildman–Crippen LogP) is 2.40. The number of hydrogen-bond acceptors (Lipinski definition) is 7. The van der Waals surface area contributed by atoms with Crippen LogP contribution in [-0.4, -0.2) is 42.0 Å². The molecule has 0 atom stereocenters. The third-order valence-corrected chi connectivity index (χ3v) is 4.01. The number of nitro benzene ring substituents is 1. The maximum absolute atomic E-state index is 12.4. The first-order valence-corrected chi connectivity index (χ1v) is 7.91. The predicted molar refractivity (Wildman–Crippen MR) is 96.0 cm³/mol. The first-order valence-electron chi connectivity index (χ1n) is 7.12. The van der Waals surface area contributed by atoms with Crippen molar-refractivity contribution < 1.29 is 14.5 Å². The summed E-state index contributed by atoms with van der Waals surface area (Å²) in [6.45, 7) is 0. The van der Waals surface area contributed by atoms with Gasteiger partial charge in [-0.25, -0.2) is 4.98 Å². The third kappa shape index (κ3) is 4.41. The lowest BCUT2D eigenvalue weighted by Gasteiger charge is -2.18. The molecule has 2 aromatic rings. The van der Waals surface area contributed by atoms with Gasteiger partial charge >= 0.3 is 0 Å². The van der Waals surface area contributed by atoms with Gasteiger partial charge in [0.15, 0.2) is 5.82 Å². The van der Waals surface area contributed by atoms with Gasteiger partial charge in [-0.3, -0.25) is 14.9 Å². The summed E-state index contributed by atoms with van der Waals surface area (Å²) in [4.78, 5) is 32.5. The Bertz CT molecular complexity index is 813. The van der Waals surface area contributed by atoms with Gasteiger partial charge in [-0.15, -0.1) is 0 Å². The van der Waals surface area contributed by atoms with E-state index >= 15 is 0 Å². The summed E-state index contributed by atoms with van der Waals surface area (Å²) in [5.74, 6) is 0.420. The smallest absolute Gasteiger partial charge is 0.270 e. The Morgan fingerprint density at radius 3 is 2.68 bits per heavy atom. The lowest BCUT2D eigenvalue weighted by molar-refractivity contribution is -0.384. The normalized spacial score (nSPS) is 10.2. The van der Waals surface area contributed by atoms with Gasteiger partial charge in [-0.05, 0) is 5.56 Å². The Balaban J connectivity index is 2.23. The fourth-order valence-electron chi connectivity index (χ4n) is 2.11. The fraction of sp³-hybridized carbons (Fsp3) is 0.267. The number of amides is 1. The molecule has 0 aliphatic rings. The standard InChI is InChI=1S/C15H16BrN5O4/c1-20(2)14-13(15(25-3)18-8-17-14)19-12(22)6-9-4-5-10(21(23)24)7-11(9)16/h4-5,7-8H,6H2,1-3H3,(H,19,22). The molecule has 0 unspecified atom stereocenters. The number of nitrogens with one attached hydrogen (secondary N) is 1. The minimum atomic E-state index is -0.496. The molecule has 2 rings (SSSR count). The Morgan fingerprint density at radius 1 is 1.40 bits per heavy atom.